The van der Waals surface area contributed by atoms with E-state index in [0.29, 0.717) is 5.75 Å². The van der Waals surface area contributed by atoms with Gasteiger partial charge in [0.15, 0.2) is 0 Å². The summed E-state index contributed by atoms with van der Waals surface area (Å²) in [7, 11) is -4.14. The molecule has 0 aliphatic heterocycles. The zero-order valence-electron chi connectivity index (χ0n) is 10.6. The Kier molecular flexibility index (Phi) is 6.28. The second-order valence-corrected chi connectivity index (χ2v) is 6.82. The van der Waals surface area contributed by atoms with Crippen LogP contribution < -0.4 is 0 Å². The van der Waals surface area contributed by atoms with E-state index in [4.69, 9.17) is 9.66 Å². The summed E-state index contributed by atoms with van der Waals surface area (Å²) in [6.07, 6.45) is -0.709. The van der Waals surface area contributed by atoms with Crippen LogP contribution in [0.4, 0.5) is 0 Å². The van der Waals surface area contributed by atoms with Crippen LogP contribution in [0.15, 0.2) is 29.2 Å². The van der Waals surface area contributed by atoms with Crippen molar-refractivity contribution in [3.63, 3.8) is 0 Å². The summed E-state index contributed by atoms with van der Waals surface area (Å²) < 4.78 is 30.7. The Balaban J connectivity index is 2.56. The minimum Gasteiger partial charge on any atom is -0.394 e. The second-order valence-electron chi connectivity index (χ2n) is 4.32. The second kappa shape index (κ2) is 7.25. The topological polar surface area (TPSA) is 94.8 Å². The standard InChI is InChI=1S/C12H18O5S2/c1-9(7-18-8-11(14)6-13)10-2-4-12(5-3-10)19(15,16)17/h2-5,9,11,13-14H,6-8H2,1H3,(H,15,16,17). The van der Waals surface area contributed by atoms with Crippen LogP contribution in [-0.2, 0) is 10.1 Å². The molecule has 0 aliphatic carbocycles. The van der Waals surface area contributed by atoms with Gasteiger partial charge in [-0.3, -0.25) is 4.55 Å². The Morgan fingerprint density at radius 2 is 1.79 bits per heavy atom. The van der Waals surface area contributed by atoms with Gasteiger partial charge in [-0.2, -0.15) is 20.2 Å². The Morgan fingerprint density at radius 3 is 2.26 bits per heavy atom. The van der Waals surface area contributed by atoms with Crippen LogP contribution in [0.3, 0.4) is 0 Å². The normalized spacial score (nSPS) is 15.2. The first kappa shape index (κ1) is 16.5. The van der Waals surface area contributed by atoms with Crippen LogP contribution in [0.25, 0.3) is 0 Å². The first-order valence-corrected chi connectivity index (χ1v) is 8.38. The summed E-state index contributed by atoms with van der Waals surface area (Å²) in [5.41, 5.74) is 0.957. The summed E-state index contributed by atoms with van der Waals surface area (Å²) in [4.78, 5) is -0.119. The fourth-order valence-corrected chi connectivity index (χ4v) is 3.04. The molecule has 0 spiro atoms. The molecule has 1 aromatic carbocycles. The van der Waals surface area contributed by atoms with Crippen LogP contribution in [0, 0.1) is 0 Å². The highest BCUT2D eigenvalue weighted by Crippen LogP contribution is 2.22. The maximum absolute atomic E-state index is 10.9. The van der Waals surface area contributed by atoms with Gasteiger partial charge in [-0.05, 0) is 29.4 Å². The van der Waals surface area contributed by atoms with Crippen LogP contribution >= 0.6 is 11.8 Å². The van der Waals surface area contributed by atoms with Crippen LogP contribution in [0.5, 0.6) is 0 Å². The van der Waals surface area contributed by atoms with Crippen molar-refractivity contribution in [3.8, 4) is 0 Å². The molecule has 0 aliphatic rings. The molecular formula is C12H18O5S2. The summed E-state index contributed by atoms with van der Waals surface area (Å²) >= 11 is 1.52. The molecule has 1 rings (SSSR count). The van der Waals surface area contributed by atoms with Gasteiger partial charge >= 0.3 is 0 Å². The highest BCUT2D eigenvalue weighted by molar-refractivity contribution is 7.99. The third-order valence-corrected chi connectivity index (χ3v) is 4.86. The van der Waals surface area contributed by atoms with E-state index in [0.717, 1.165) is 11.3 Å². The monoisotopic (exact) mass is 306 g/mol. The molecule has 0 aromatic heterocycles. The maximum Gasteiger partial charge on any atom is 0.294 e. The zero-order valence-corrected chi connectivity index (χ0v) is 12.2. The van der Waals surface area contributed by atoms with E-state index in [1.165, 1.54) is 23.9 Å². The molecule has 108 valence electrons. The van der Waals surface area contributed by atoms with Crippen molar-refractivity contribution in [2.45, 2.75) is 23.8 Å². The molecule has 0 saturated heterocycles. The number of hydrogen-bond donors (Lipinski definition) is 3. The molecule has 0 fully saturated rings. The smallest absolute Gasteiger partial charge is 0.294 e. The van der Waals surface area contributed by atoms with Crippen molar-refractivity contribution >= 4 is 21.9 Å². The molecule has 7 heteroatoms. The van der Waals surface area contributed by atoms with Gasteiger partial charge in [-0.25, -0.2) is 0 Å². The fourth-order valence-electron chi connectivity index (χ4n) is 1.50. The van der Waals surface area contributed by atoms with Gasteiger partial charge in [0.05, 0.1) is 17.6 Å². The van der Waals surface area contributed by atoms with E-state index in [9.17, 15) is 13.5 Å². The van der Waals surface area contributed by atoms with Crippen molar-refractivity contribution < 1.29 is 23.2 Å². The van der Waals surface area contributed by atoms with Crippen molar-refractivity contribution in [2.75, 3.05) is 18.1 Å². The molecule has 0 saturated carbocycles. The van der Waals surface area contributed by atoms with Crippen molar-refractivity contribution in [3.05, 3.63) is 29.8 Å². The average Bonchev–Trinajstić information content (AvgIpc) is 2.37. The predicted molar refractivity (Wildman–Crippen MR) is 75.1 cm³/mol. The molecular weight excluding hydrogens is 288 g/mol. The highest BCUT2D eigenvalue weighted by Gasteiger charge is 2.11. The molecule has 2 unspecified atom stereocenters. The van der Waals surface area contributed by atoms with Gasteiger partial charge < -0.3 is 10.2 Å². The first-order valence-electron chi connectivity index (χ1n) is 5.78. The summed E-state index contributed by atoms with van der Waals surface area (Å²) in [6.45, 7) is 1.74. The van der Waals surface area contributed by atoms with Crippen LogP contribution in [-0.4, -0.2) is 47.4 Å². The number of hydrogen-bond acceptors (Lipinski definition) is 5. The van der Waals surface area contributed by atoms with Gasteiger partial charge in [-0.1, -0.05) is 19.1 Å². The van der Waals surface area contributed by atoms with Gasteiger partial charge in [0, 0.05) is 5.75 Å². The third kappa shape index (κ3) is 5.50. The van der Waals surface area contributed by atoms with E-state index >= 15 is 0 Å². The number of aliphatic hydroxyl groups excluding tert-OH is 2. The van der Waals surface area contributed by atoms with E-state index < -0.39 is 16.2 Å². The number of aliphatic hydroxyl groups is 2. The van der Waals surface area contributed by atoms with E-state index in [1.807, 2.05) is 6.92 Å². The van der Waals surface area contributed by atoms with Gasteiger partial charge in [0.25, 0.3) is 10.1 Å². The molecule has 5 nitrogen and oxygen atoms in total. The predicted octanol–water partition coefficient (Wildman–Crippen LogP) is 1.12. The Bertz CT molecular complexity index is 483. The largest absolute Gasteiger partial charge is 0.394 e. The first-order chi connectivity index (χ1) is 8.84. The van der Waals surface area contributed by atoms with Gasteiger partial charge in [0.1, 0.15) is 0 Å². The number of rotatable bonds is 7. The molecule has 0 radical (unpaired) electrons. The summed E-state index contributed by atoms with van der Waals surface area (Å²) in [5, 5.41) is 17.9. The number of benzene rings is 1. The lowest BCUT2D eigenvalue weighted by atomic mass is 10.0. The summed E-state index contributed by atoms with van der Waals surface area (Å²) in [5.74, 6) is 1.40. The minimum absolute atomic E-state index is 0.119. The molecule has 1 aromatic rings. The van der Waals surface area contributed by atoms with E-state index in [2.05, 4.69) is 0 Å². The van der Waals surface area contributed by atoms with E-state index in [-0.39, 0.29) is 17.4 Å². The lowest BCUT2D eigenvalue weighted by Gasteiger charge is -2.13. The van der Waals surface area contributed by atoms with Crippen molar-refractivity contribution in [2.24, 2.45) is 0 Å². The lowest BCUT2D eigenvalue weighted by molar-refractivity contribution is 0.113. The number of thioether (sulfide) groups is 1. The SMILES string of the molecule is CC(CSCC(O)CO)c1ccc(S(=O)(=O)O)cc1. The van der Waals surface area contributed by atoms with Crippen LogP contribution in [0.1, 0.15) is 18.4 Å². The quantitative estimate of drug-likeness (QED) is 0.654. The fraction of sp³-hybridized carbons (Fsp3) is 0.500. The molecule has 0 heterocycles. The lowest BCUT2D eigenvalue weighted by Crippen LogP contribution is -2.15. The van der Waals surface area contributed by atoms with Crippen molar-refractivity contribution in [1.29, 1.82) is 0 Å². The summed E-state index contributed by atoms with van der Waals surface area (Å²) in [6, 6.07) is 6.07. The molecule has 0 bridgehead atoms. The Morgan fingerprint density at radius 1 is 1.21 bits per heavy atom. The maximum atomic E-state index is 10.9. The zero-order chi connectivity index (χ0) is 14.5. The highest BCUT2D eigenvalue weighted by atomic mass is 32.2. The minimum atomic E-state index is -4.14. The van der Waals surface area contributed by atoms with Gasteiger partial charge in [-0.15, -0.1) is 0 Å². The third-order valence-electron chi connectivity index (χ3n) is 2.64. The average molecular weight is 306 g/mol. The molecule has 19 heavy (non-hydrogen) atoms. The molecule has 2 atom stereocenters. The Hall–Kier alpha value is -0.600. The van der Waals surface area contributed by atoms with Crippen LogP contribution in [0.2, 0.25) is 0 Å². The Labute approximate surface area is 117 Å². The van der Waals surface area contributed by atoms with Gasteiger partial charge in [0.2, 0.25) is 0 Å². The van der Waals surface area contributed by atoms with E-state index in [1.54, 1.807) is 12.1 Å². The van der Waals surface area contributed by atoms with Crippen molar-refractivity contribution in [1.82, 2.24) is 0 Å². The molecule has 3 N–H and O–H groups in total. The molecule has 0 amide bonds.